The molecular formula is C21H26N4O4S2. The highest BCUT2D eigenvalue weighted by Crippen LogP contribution is 2.36. The van der Waals surface area contributed by atoms with Crippen molar-refractivity contribution in [3.05, 3.63) is 31.9 Å². The van der Waals surface area contributed by atoms with E-state index in [4.69, 9.17) is 21.7 Å². The van der Waals surface area contributed by atoms with Gasteiger partial charge in [-0.05, 0) is 32.4 Å². The van der Waals surface area contributed by atoms with Gasteiger partial charge in [-0.15, -0.1) is 0 Å². The Labute approximate surface area is 191 Å². The second kappa shape index (κ2) is 9.53. The van der Waals surface area contributed by atoms with Crippen LogP contribution in [0.4, 0.5) is 5.82 Å². The highest BCUT2D eigenvalue weighted by atomic mass is 32.2. The Bertz CT molecular complexity index is 1030. The molecule has 2 fully saturated rings. The van der Waals surface area contributed by atoms with Crippen LogP contribution in [-0.4, -0.2) is 65.3 Å². The maximum absolute atomic E-state index is 13.0. The lowest BCUT2D eigenvalue weighted by molar-refractivity contribution is -0.122. The normalized spacial score (nSPS) is 23.0. The minimum absolute atomic E-state index is 0.0186. The van der Waals surface area contributed by atoms with E-state index in [0.29, 0.717) is 52.4 Å². The molecule has 10 heteroatoms. The van der Waals surface area contributed by atoms with E-state index in [1.807, 2.05) is 19.9 Å². The molecule has 0 spiro atoms. The molecule has 0 aliphatic carbocycles. The minimum atomic E-state index is -0.355. The molecule has 1 aromatic heterocycles. The van der Waals surface area contributed by atoms with Crippen molar-refractivity contribution in [1.29, 1.82) is 5.26 Å². The summed E-state index contributed by atoms with van der Waals surface area (Å²) in [6, 6.07) is 2.02. The van der Waals surface area contributed by atoms with Crippen LogP contribution >= 0.6 is 24.0 Å². The lowest BCUT2D eigenvalue weighted by Crippen LogP contribution is -2.47. The Balaban J connectivity index is 2.15. The molecule has 0 saturated carbocycles. The lowest BCUT2D eigenvalue weighted by Gasteiger charge is -2.38. The van der Waals surface area contributed by atoms with Crippen LogP contribution in [0.25, 0.3) is 6.08 Å². The van der Waals surface area contributed by atoms with Crippen molar-refractivity contribution in [3.63, 3.8) is 0 Å². The van der Waals surface area contributed by atoms with Crippen molar-refractivity contribution in [2.24, 2.45) is 7.05 Å². The molecule has 0 N–H and O–H groups in total. The van der Waals surface area contributed by atoms with Gasteiger partial charge in [-0.25, -0.2) is 0 Å². The van der Waals surface area contributed by atoms with E-state index in [-0.39, 0.29) is 29.2 Å². The molecule has 2 atom stereocenters. The Morgan fingerprint density at radius 1 is 1.32 bits per heavy atom. The fourth-order valence-electron chi connectivity index (χ4n) is 3.95. The molecular weight excluding hydrogens is 436 g/mol. The van der Waals surface area contributed by atoms with Gasteiger partial charge in [0.05, 0.1) is 30.3 Å². The molecule has 31 heavy (non-hydrogen) atoms. The van der Waals surface area contributed by atoms with Gasteiger partial charge in [0, 0.05) is 32.8 Å². The molecule has 3 heterocycles. The molecule has 2 unspecified atom stereocenters. The Kier molecular flexibility index (Phi) is 7.21. The van der Waals surface area contributed by atoms with Crippen LogP contribution in [0, 0.1) is 18.3 Å². The predicted octanol–water partition coefficient (Wildman–Crippen LogP) is 2.03. The number of anilines is 1. The maximum Gasteiger partial charge on any atom is 0.270 e. The summed E-state index contributed by atoms with van der Waals surface area (Å²) in [4.78, 5) is 29.9. The van der Waals surface area contributed by atoms with Gasteiger partial charge >= 0.3 is 0 Å². The fourth-order valence-corrected chi connectivity index (χ4v) is 5.24. The first kappa shape index (κ1) is 23.5. The molecule has 2 saturated heterocycles. The minimum Gasteiger partial charge on any atom is -0.383 e. The number of nitriles is 1. The second-order valence-electron chi connectivity index (χ2n) is 7.70. The summed E-state index contributed by atoms with van der Waals surface area (Å²) in [5.41, 5.74) is 0.940. The van der Waals surface area contributed by atoms with Gasteiger partial charge in [-0.1, -0.05) is 24.0 Å². The largest absolute Gasteiger partial charge is 0.383 e. The number of rotatable bonds is 5. The molecule has 0 aromatic carbocycles. The van der Waals surface area contributed by atoms with Crippen molar-refractivity contribution in [2.45, 2.75) is 33.0 Å². The first-order chi connectivity index (χ1) is 14.7. The zero-order chi connectivity index (χ0) is 22.9. The number of carbonyl (C=O) groups excluding carboxylic acids is 1. The highest BCUT2D eigenvalue weighted by molar-refractivity contribution is 8.26. The predicted molar refractivity (Wildman–Crippen MR) is 125 cm³/mol. The summed E-state index contributed by atoms with van der Waals surface area (Å²) in [6.07, 6.45) is 1.71. The zero-order valence-corrected chi connectivity index (χ0v) is 19.9. The summed E-state index contributed by atoms with van der Waals surface area (Å²) in [6.45, 7) is 7.66. The summed E-state index contributed by atoms with van der Waals surface area (Å²) in [5.74, 6) is 0.471. The standard InChI is InChI=1S/C21H26N4O4S2/c1-12-10-24(11-13(2)29-12)18-15(14(3)16(9-22)19(26)23(18)4)8-17-20(27)25(6-7-28-5)21(30)31-17/h8,12-13H,6-7,10-11H2,1-5H3/b17-8-. The van der Waals surface area contributed by atoms with Crippen LogP contribution < -0.4 is 10.5 Å². The first-order valence-electron chi connectivity index (χ1n) is 9.98. The number of carbonyl (C=O) groups is 1. The van der Waals surface area contributed by atoms with Crippen molar-refractivity contribution >= 4 is 46.1 Å². The summed E-state index contributed by atoms with van der Waals surface area (Å²) in [5, 5.41) is 9.59. The lowest BCUT2D eigenvalue weighted by atomic mass is 10.0. The maximum atomic E-state index is 13.0. The SMILES string of the molecule is COCCN1C(=O)/C(=C/c2c(C)c(C#N)c(=O)n(C)c2N2CC(C)OC(C)C2)SC1=S. The fraction of sp³-hybridized carbons (Fsp3) is 0.524. The van der Waals surface area contributed by atoms with Gasteiger partial charge in [0.2, 0.25) is 0 Å². The Morgan fingerprint density at radius 3 is 2.55 bits per heavy atom. The first-order valence-corrected chi connectivity index (χ1v) is 11.2. The van der Waals surface area contributed by atoms with E-state index >= 15 is 0 Å². The van der Waals surface area contributed by atoms with Crippen molar-refractivity contribution in [1.82, 2.24) is 9.47 Å². The molecule has 2 aliphatic rings. The monoisotopic (exact) mass is 462 g/mol. The van der Waals surface area contributed by atoms with E-state index in [9.17, 15) is 14.9 Å². The number of methoxy groups -OCH3 is 1. The average Bonchev–Trinajstić information content (AvgIpc) is 2.97. The topological polar surface area (TPSA) is 87.8 Å². The molecule has 0 bridgehead atoms. The number of hydrogen-bond acceptors (Lipinski definition) is 8. The van der Waals surface area contributed by atoms with Gasteiger partial charge in [0.25, 0.3) is 11.5 Å². The molecule has 3 rings (SSSR count). The second-order valence-corrected chi connectivity index (χ2v) is 9.38. The van der Waals surface area contributed by atoms with Gasteiger partial charge in [-0.3, -0.25) is 19.1 Å². The van der Waals surface area contributed by atoms with Crippen LogP contribution in [0.3, 0.4) is 0 Å². The molecule has 2 aliphatic heterocycles. The van der Waals surface area contributed by atoms with Crippen LogP contribution in [0.15, 0.2) is 9.70 Å². The van der Waals surface area contributed by atoms with E-state index < -0.39 is 0 Å². The number of ether oxygens (including phenoxy) is 2. The van der Waals surface area contributed by atoms with Crippen LogP contribution in [-0.2, 0) is 21.3 Å². The van der Waals surface area contributed by atoms with Gasteiger partial charge in [-0.2, -0.15) is 5.26 Å². The number of nitrogens with zero attached hydrogens (tertiary/aromatic N) is 4. The zero-order valence-electron chi connectivity index (χ0n) is 18.3. The molecule has 1 aromatic rings. The van der Waals surface area contributed by atoms with E-state index in [1.54, 1.807) is 27.2 Å². The van der Waals surface area contributed by atoms with E-state index in [0.717, 1.165) is 0 Å². The Morgan fingerprint density at radius 2 is 1.97 bits per heavy atom. The highest BCUT2D eigenvalue weighted by Gasteiger charge is 2.33. The quantitative estimate of drug-likeness (QED) is 0.485. The van der Waals surface area contributed by atoms with Gasteiger partial charge in [0.1, 0.15) is 21.8 Å². The molecule has 166 valence electrons. The third-order valence-electron chi connectivity index (χ3n) is 5.36. The number of pyridine rings is 1. The average molecular weight is 463 g/mol. The van der Waals surface area contributed by atoms with Crippen molar-refractivity contribution in [2.75, 3.05) is 38.3 Å². The summed E-state index contributed by atoms with van der Waals surface area (Å²) in [7, 11) is 3.23. The number of hydrogen-bond donors (Lipinski definition) is 0. The molecule has 1 amide bonds. The van der Waals surface area contributed by atoms with E-state index in [1.165, 1.54) is 21.2 Å². The van der Waals surface area contributed by atoms with Crippen LogP contribution in [0.2, 0.25) is 0 Å². The molecule has 8 nitrogen and oxygen atoms in total. The number of thiocarbonyl (C=S) groups is 1. The molecule has 0 radical (unpaired) electrons. The number of thioether (sulfide) groups is 1. The number of amides is 1. The van der Waals surface area contributed by atoms with Crippen molar-refractivity contribution < 1.29 is 14.3 Å². The van der Waals surface area contributed by atoms with E-state index in [2.05, 4.69) is 4.90 Å². The van der Waals surface area contributed by atoms with Crippen molar-refractivity contribution in [3.8, 4) is 6.07 Å². The summed E-state index contributed by atoms with van der Waals surface area (Å²) < 4.78 is 12.9. The smallest absolute Gasteiger partial charge is 0.270 e. The van der Waals surface area contributed by atoms with Crippen LogP contribution in [0.5, 0.6) is 0 Å². The third kappa shape index (κ3) is 4.55. The summed E-state index contributed by atoms with van der Waals surface area (Å²) >= 11 is 6.59. The van der Waals surface area contributed by atoms with Gasteiger partial charge in [0.15, 0.2) is 0 Å². The number of morpholine rings is 1. The Hall–Kier alpha value is -2.19. The number of aromatic nitrogens is 1. The van der Waals surface area contributed by atoms with Crippen LogP contribution in [0.1, 0.15) is 30.5 Å². The third-order valence-corrected chi connectivity index (χ3v) is 6.73. The van der Waals surface area contributed by atoms with Gasteiger partial charge < -0.3 is 14.4 Å².